The summed E-state index contributed by atoms with van der Waals surface area (Å²) < 4.78 is 5.67. The molecule has 0 radical (unpaired) electrons. The van der Waals surface area contributed by atoms with Crippen molar-refractivity contribution in [2.75, 3.05) is 7.11 Å². The Morgan fingerprint density at radius 3 is 2.62 bits per heavy atom. The minimum Gasteiger partial charge on any atom is -0.496 e. The maximum atomic E-state index is 5.67. The molecule has 1 aromatic heterocycles. The van der Waals surface area contributed by atoms with Gasteiger partial charge in [0, 0.05) is 17.1 Å². The quantitative estimate of drug-likeness (QED) is 0.420. The first-order valence-electron chi connectivity index (χ1n) is 10.7. The van der Waals surface area contributed by atoms with Crippen LogP contribution in [0.1, 0.15) is 60.5 Å². The molecule has 3 rings (SSSR count). The molecule has 2 N–H and O–H groups in total. The number of aromatic amines is 1. The highest BCUT2D eigenvalue weighted by molar-refractivity contribution is 5.83. The van der Waals surface area contributed by atoms with Gasteiger partial charge in [0.15, 0.2) is 0 Å². The normalized spacial score (nSPS) is 12.1. The first-order chi connectivity index (χ1) is 14.1. The summed E-state index contributed by atoms with van der Waals surface area (Å²) in [4.78, 5) is 3.42. The molecule has 0 aliphatic heterocycles. The average molecular weight is 391 g/mol. The van der Waals surface area contributed by atoms with Crippen molar-refractivity contribution in [3.8, 4) is 5.75 Å². The van der Waals surface area contributed by atoms with Gasteiger partial charge in [-0.3, -0.25) is 0 Å². The Morgan fingerprint density at radius 2 is 1.93 bits per heavy atom. The van der Waals surface area contributed by atoms with Gasteiger partial charge < -0.3 is 15.0 Å². The second-order valence-corrected chi connectivity index (χ2v) is 7.79. The third kappa shape index (κ3) is 4.67. The minimum absolute atomic E-state index is 0.235. The molecule has 1 heterocycles. The van der Waals surface area contributed by atoms with Crippen molar-refractivity contribution in [2.24, 2.45) is 0 Å². The number of fused-ring (bicyclic) bond motifs is 1. The van der Waals surface area contributed by atoms with E-state index in [1.807, 2.05) is 6.20 Å². The SMILES string of the molecule is C=CNC(CCc1c[nH]c2ccc(C)cc12)c1cc(CCC)c(OC)cc1CC. The maximum Gasteiger partial charge on any atom is 0.122 e. The summed E-state index contributed by atoms with van der Waals surface area (Å²) >= 11 is 0. The number of hydrogen-bond donors (Lipinski definition) is 2. The van der Waals surface area contributed by atoms with Gasteiger partial charge in [-0.25, -0.2) is 0 Å². The van der Waals surface area contributed by atoms with Crippen LogP contribution in [0.4, 0.5) is 0 Å². The van der Waals surface area contributed by atoms with E-state index in [4.69, 9.17) is 4.74 Å². The van der Waals surface area contributed by atoms with Crippen LogP contribution in [0.15, 0.2) is 49.3 Å². The topological polar surface area (TPSA) is 37.0 Å². The van der Waals surface area contributed by atoms with Gasteiger partial charge >= 0.3 is 0 Å². The summed E-state index contributed by atoms with van der Waals surface area (Å²) in [5, 5.41) is 4.85. The Bertz CT molecular complexity index is 970. The van der Waals surface area contributed by atoms with Crippen LogP contribution in [0.25, 0.3) is 10.9 Å². The molecular formula is C26H34N2O. The van der Waals surface area contributed by atoms with Crippen LogP contribution in [0.3, 0.4) is 0 Å². The third-order valence-corrected chi connectivity index (χ3v) is 5.76. The van der Waals surface area contributed by atoms with Crippen LogP contribution < -0.4 is 10.1 Å². The van der Waals surface area contributed by atoms with Crippen molar-refractivity contribution in [2.45, 2.75) is 58.9 Å². The van der Waals surface area contributed by atoms with E-state index in [-0.39, 0.29) is 6.04 Å². The lowest BCUT2D eigenvalue weighted by Gasteiger charge is -2.23. The first kappa shape index (κ1) is 21.0. The van der Waals surface area contributed by atoms with Crippen LogP contribution >= 0.6 is 0 Å². The van der Waals surface area contributed by atoms with Crippen LogP contribution in [0.5, 0.6) is 5.75 Å². The van der Waals surface area contributed by atoms with E-state index in [2.05, 4.69) is 74.2 Å². The zero-order valence-electron chi connectivity index (χ0n) is 18.3. The number of nitrogens with one attached hydrogen (secondary N) is 2. The van der Waals surface area contributed by atoms with Crippen molar-refractivity contribution < 1.29 is 4.74 Å². The molecule has 2 aromatic carbocycles. The lowest BCUT2D eigenvalue weighted by molar-refractivity contribution is 0.408. The molecule has 1 unspecified atom stereocenters. The molecule has 3 aromatic rings. The van der Waals surface area contributed by atoms with E-state index in [1.165, 1.54) is 38.7 Å². The fourth-order valence-electron chi connectivity index (χ4n) is 4.24. The summed E-state index contributed by atoms with van der Waals surface area (Å²) in [6.45, 7) is 10.5. The lowest BCUT2D eigenvalue weighted by atomic mass is 9.90. The van der Waals surface area contributed by atoms with Crippen LogP contribution in [0, 0.1) is 6.92 Å². The van der Waals surface area contributed by atoms with E-state index in [0.29, 0.717) is 0 Å². The number of methoxy groups -OCH3 is 1. The molecule has 29 heavy (non-hydrogen) atoms. The van der Waals surface area contributed by atoms with Crippen molar-refractivity contribution in [3.05, 3.63) is 77.1 Å². The standard InChI is InChI=1S/C26H34N2O/c1-6-9-20-15-23(19(7-2)16-26(20)29-5)24(27-8-3)13-11-21-17-28-25-12-10-18(4)14-22(21)25/h8,10,12,14-17,24,27-28H,3,6-7,9,11,13H2,1-2,4-5H3. The van der Waals surface area contributed by atoms with E-state index in [0.717, 1.165) is 37.9 Å². The summed E-state index contributed by atoms with van der Waals surface area (Å²) in [7, 11) is 1.77. The smallest absolute Gasteiger partial charge is 0.122 e. The fraction of sp³-hybridized carbons (Fsp3) is 0.385. The molecule has 0 amide bonds. The molecule has 0 saturated heterocycles. The molecule has 1 atom stereocenters. The van der Waals surface area contributed by atoms with Crippen LogP contribution in [-0.4, -0.2) is 12.1 Å². The van der Waals surface area contributed by atoms with Gasteiger partial charge in [0.25, 0.3) is 0 Å². The minimum atomic E-state index is 0.235. The van der Waals surface area contributed by atoms with Gasteiger partial charge in [-0.2, -0.15) is 0 Å². The molecule has 3 heteroatoms. The van der Waals surface area contributed by atoms with E-state index >= 15 is 0 Å². The Kier molecular flexibility index (Phi) is 7.03. The fourth-order valence-corrected chi connectivity index (χ4v) is 4.24. The predicted octanol–water partition coefficient (Wildman–Crippen LogP) is 6.41. The monoisotopic (exact) mass is 390 g/mol. The zero-order valence-corrected chi connectivity index (χ0v) is 18.3. The Morgan fingerprint density at radius 1 is 1.10 bits per heavy atom. The van der Waals surface area contributed by atoms with Crippen molar-refractivity contribution in [3.63, 3.8) is 0 Å². The summed E-state index contributed by atoms with van der Waals surface area (Å²) in [6.07, 6.45) is 9.13. The molecule has 0 saturated carbocycles. The molecular weight excluding hydrogens is 356 g/mol. The molecule has 0 fully saturated rings. The predicted molar refractivity (Wildman–Crippen MR) is 124 cm³/mol. The van der Waals surface area contributed by atoms with Gasteiger partial charge in [0.1, 0.15) is 5.75 Å². The second kappa shape index (κ2) is 9.69. The molecule has 0 aliphatic carbocycles. The zero-order chi connectivity index (χ0) is 20.8. The van der Waals surface area contributed by atoms with Gasteiger partial charge in [-0.1, -0.05) is 38.5 Å². The summed E-state index contributed by atoms with van der Waals surface area (Å²) in [5.41, 5.74) is 7.89. The summed E-state index contributed by atoms with van der Waals surface area (Å²) in [6, 6.07) is 11.4. The van der Waals surface area contributed by atoms with Crippen molar-refractivity contribution in [1.82, 2.24) is 10.3 Å². The first-order valence-corrected chi connectivity index (χ1v) is 10.7. The molecule has 0 aliphatic rings. The molecule has 154 valence electrons. The average Bonchev–Trinajstić information content (AvgIpc) is 3.13. The summed E-state index contributed by atoms with van der Waals surface area (Å²) in [5.74, 6) is 1.01. The molecule has 3 nitrogen and oxygen atoms in total. The number of aromatic nitrogens is 1. The van der Waals surface area contributed by atoms with Gasteiger partial charge in [-0.05, 0) is 85.3 Å². The van der Waals surface area contributed by atoms with E-state index < -0.39 is 0 Å². The highest BCUT2D eigenvalue weighted by Gasteiger charge is 2.18. The van der Waals surface area contributed by atoms with Crippen molar-refractivity contribution in [1.29, 1.82) is 0 Å². The van der Waals surface area contributed by atoms with Crippen LogP contribution in [-0.2, 0) is 19.3 Å². The highest BCUT2D eigenvalue weighted by atomic mass is 16.5. The van der Waals surface area contributed by atoms with Gasteiger partial charge in [-0.15, -0.1) is 0 Å². The Labute approximate surface area is 175 Å². The van der Waals surface area contributed by atoms with E-state index in [1.54, 1.807) is 7.11 Å². The number of benzene rings is 2. The second-order valence-electron chi connectivity index (χ2n) is 7.79. The molecule has 0 spiro atoms. The Hall–Kier alpha value is -2.68. The number of H-pyrrole nitrogens is 1. The maximum absolute atomic E-state index is 5.67. The van der Waals surface area contributed by atoms with E-state index in [9.17, 15) is 0 Å². The number of hydrogen-bond acceptors (Lipinski definition) is 2. The number of rotatable bonds is 10. The van der Waals surface area contributed by atoms with Gasteiger partial charge in [0.05, 0.1) is 13.2 Å². The van der Waals surface area contributed by atoms with Gasteiger partial charge in [0.2, 0.25) is 0 Å². The number of aryl methyl sites for hydroxylation is 4. The number of ether oxygens (including phenoxy) is 1. The highest BCUT2D eigenvalue weighted by Crippen LogP contribution is 2.32. The molecule has 0 bridgehead atoms. The largest absolute Gasteiger partial charge is 0.496 e. The van der Waals surface area contributed by atoms with Crippen molar-refractivity contribution >= 4 is 10.9 Å². The third-order valence-electron chi connectivity index (χ3n) is 5.76. The van der Waals surface area contributed by atoms with Crippen LogP contribution in [0.2, 0.25) is 0 Å². The lowest BCUT2D eigenvalue weighted by Crippen LogP contribution is -2.18. The Balaban J connectivity index is 1.91.